The molecule has 0 aliphatic rings. The number of carbonyl (C=O) groups excluding carboxylic acids is 1. The van der Waals surface area contributed by atoms with Gasteiger partial charge in [-0.25, -0.2) is 13.2 Å². The number of rotatable bonds is 6. The van der Waals surface area contributed by atoms with Crippen molar-refractivity contribution in [2.24, 2.45) is 0 Å². The first kappa shape index (κ1) is 19.6. The number of benzene rings is 2. The number of aryl methyl sites for hydroxylation is 1. The highest BCUT2D eigenvalue weighted by Gasteiger charge is 2.17. The SMILES string of the molecule is COc1cccc(-c2noc(COC(=O)c3cc(S(C)(=O)=O)ccc3C)n2)c1. The van der Waals surface area contributed by atoms with Crippen LogP contribution in [0.15, 0.2) is 51.9 Å². The Hall–Kier alpha value is -3.20. The maximum Gasteiger partial charge on any atom is 0.338 e. The van der Waals surface area contributed by atoms with Crippen LogP contribution in [-0.2, 0) is 21.2 Å². The van der Waals surface area contributed by atoms with E-state index in [0.717, 1.165) is 6.26 Å². The molecule has 3 aromatic rings. The molecule has 8 nitrogen and oxygen atoms in total. The summed E-state index contributed by atoms with van der Waals surface area (Å²) in [7, 11) is -1.88. The lowest BCUT2D eigenvalue weighted by molar-refractivity contribution is 0.0428. The van der Waals surface area contributed by atoms with Gasteiger partial charge in [-0.1, -0.05) is 23.4 Å². The molecular weight excluding hydrogens is 384 g/mol. The molecule has 0 aliphatic carbocycles. The summed E-state index contributed by atoms with van der Waals surface area (Å²) in [6, 6.07) is 11.4. The van der Waals surface area contributed by atoms with Crippen LogP contribution in [0.25, 0.3) is 11.4 Å². The molecule has 9 heteroatoms. The van der Waals surface area contributed by atoms with Gasteiger partial charge in [0, 0.05) is 11.8 Å². The van der Waals surface area contributed by atoms with E-state index in [1.54, 1.807) is 44.4 Å². The number of methoxy groups -OCH3 is 1. The second kappa shape index (κ2) is 7.81. The van der Waals surface area contributed by atoms with Gasteiger partial charge in [0.1, 0.15) is 5.75 Å². The Morgan fingerprint density at radius 1 is 1.18 bits per heavy atom. The molecule has 1 heterocycles. The first-order valence-electron chi connectivity index (χ1n) is 8.23. The average Bonchev–Trinajstić information content (AvgIpc) is 3.14. The molecule has 0 N–H and O–H groups in total. The van der Waals surface area contributed by atoms with E-state index in [4.69, 9.17) is 14.0 Å². The van der Waals surface area contributed by atoms with Crippen LogP contribution in [0.2, 0.25) is 0 Å². The Bertz CT molecular complexity index is 1120. The van der Waals surface area contributed by atoms with Crippen molar-refractivity contribution in [1.82, 2.24) is 10.1 Å². The van der Waals surface area contributed by atoms with Crippen molar-refractivity contribution < 1.29 is 27.2 Å². The molecule has 0 bridgehead atoms. The molecule has 0 amide bonds. The third-order valence-electron chi connectivity index (χ3n) is 3.98. The lowest BCUT2D eigenvalue weighted by atomic mass is 10.1. The van der Waals surface area contributed by atoms with Crippen LogP contribution in [0.5, 0.6) is 5.75 Å². The van der Waals surface area contributed by atoms with Crippen molar-refractivity contribution in [2.75, 3.05) is 13.4 Å². The Balaban J connectivity index is 1.73. The Morgan fingerprint density at radius 3 is 2.68 bits per heavy atom. The topological polar surface area (TPSA) is 109 Å². The van der Waals surface area contributed by atoms with Crippen LogP contribution in [0.3, 0.4) is 0 Å². The molecule has 2 aromatic carbocycles. The molecule has 1 aromatic heterocycles. The zero-order chi connectivity index (χ0) is 20.3. The predicted octanol–water partition coefficient (Wildman–Crippen LogP) is 2.81. The van der Waals surface area contributed by atoms with Crippen molar-refractivity contribution in [3.8, 4) is 17.1 Å². The van der Waals surface area contributed by atoms with Crippen LogP contribution in [0, 0.1) is 6.92 Å². The summed E-state index contributed by atoms with van der Waals surface area (Å²) in [6.07, 6.45) is 1.07. The standard InChI is InChI=1S/C19H18N2O6S/c1-12-7-8-15(28(3,23)24)10-16(12)19(22)26-11-17-20-18(21-27-17)13-5-4-6-14(9-13)25-2/h4-10H,11H2,1-3H3. The monoisotopic (exact) mass is 402 g/mol. The average molecular weight is 402 g/mol. The molecular formula is C19H18N2O6S. The first-order chi connectivity index (χ1) is 13.3. The number of esters is 1. The fraction of sp³-hybridized carbons (Fsp3) is 0.211. The summed E-state index contributed by atoms with van der Waals surface area (Å²) in [6.45, 7) is 1.45. The highest BCUT2D eigenvalue weighted by Crippen LogP contribution is 2.22. The number of sulfone groups is 1. The molecule has 0 saturated carbocycles. The number of hydrogen-bond acceptors (Lipinski definition) is 8. The van der Waals surface area contributed by atoms with E-state index in [-0.39, 0.29) is 23.0 Å². The highest BCUT2D eigenvalue weighted by molar-refractivity contribution is 7.90. The zero-order valence-corrected chi connectivity index (χ0v) is 16.3. The minimum Gasteiger partial charge on any atom is -0.497 e. The van der Waals surface area contributed by atoms with E-state index in [1.807, 2.05) is 0 Å². The lowest BCUT2D eigenvalue weighted by Gasteiger charge is -2.07. The predicted molar refractivity (Wildman–Crippen MR) is 99.7 cm³/mol. The molecule has 0 aliphatic heterocycles. The van der Waals surface area contributed by atoms with Gasteiger partial charge < -0.3 is 14.0 Å². The van der Waals surface area contributed by atoms with Gasteiger partial charge in [-0.05, 0) is 36.8 Å². The van der Waals surface area contributed by atoms with E-state index in [0.29, 0.717) is 22.7 Å². The van der Waals surface area contributed by atoms with Gasteiger partial charge >= 0.3 is 5.97 Å². The summed E-state index contributed by atoms with van der Waals surface area (Å²) >= 11 is 0. The third kappa shape index (κ3) is 4.37. The highest BCUT2D eigenvalue weighted by atomic mass is 32.2. The van der Waals surface area contributed by atoms with Crippen LogP contribution in [0.1, 0.15) is 21.8 Å². The lowest BCUT2D eigenvalue weighted by Crippen LogP contribution is -2.09. The molecule has 0 unspecified atom stereocenters. The molecule has 0 radical (unpaired) electrons. The summed E-state index contributed by atoms with van der Waals surface area (Å²) in [5.74, 6) is 0.420. The van der Waals surface area contributed by atoms with Crippen molar-refractivity contribution in [3.63, 3.8) is 0 Å². The van der Waals surface area contributed by atoms with Crippen LogP contribution < -0.4 is 4.74 Å². The fourth-order valence-electron chi connectivity index (χ4n) is 2.45. The Kier molecular flexibility index (Phi) is 5.46. The summed E-state index contributed by atoms with van der Waals surface area (Å²) < 4.78 is 38.8. The van der Waals surface area contributed by atoms with Crippen molar-refractivity contribution in [2.45, 2.75) is 18.4 Å². The van der Waals surface area contributed by atoms with E-state index < -0.39 is 15.8 Å². The maximum atomic E-state index is 12.4. The first-order valence-corrected chi connectivity index (χ1v) is 10.1. The minimum atomic E-state index is -3.43. The number of aromatic nitrogens is 2. The van der Waals surface area contributed by atoms with Gasteiger partial charge in [-0.15, -0.1) is 0 Å². The Labute approximate surface area is 162 Å². The minimum absolute atomic E-state index is 0.0446. The van der Waals surface area contributed by atoms with E-state index in [1.165, 1.54) is 12.1 Å². The molecule has 28 heavy (non-hydrogen) atoms. The molecule has 0 spiro atoms. The molecule has 3 rings (SSSR count). The summed E-state index contributed by atoms with van der Waals surface area (Å²) in [5.41, 5.74) is 1.45. The van der Waals surface area contributed by atoms with Gasteiger partial charge in [0.25, 0.3) is 5.89 Å². The largest absolute Gasteiger partial charge is 0.497 e. The van der Waals surface area contributed by atoms with E-state index >= 15 is 0 Å². The van der Waals surface area contributed by atoms with E-state index in [9.17, 15) is 13.2 Å². The van der Waals surface area contributed by atoms with Crippen LogP contribution in [0.4, 0.5) is 0 Å². The number of ether oxygens (including phenoxy) is 2. The van der Waals surface area contributed by atoms with Gasteiger partial charge in [-0.2, -0.15) is 4.98 Å². The molecule has 0 saturated heterocycles. The number of nitrogens with zero attached hydrogens (tertiary/aromatic N) is 2. The van der Waals surface area contributed by atoms with Crippen molar-refractivity contribution in [3.05, 3.63) is 59.5 Å². The smallest absolute Gasteiger partial charge is 0.338 e. The fourth-order valence-corrected chi connectivity index (χ4v) is 3.10. The zero-order valence-electron chi connectivity index (χ0n) is 15.5. The van der Waals surface area contributed by atoms with E-state index in [2.05, 4.69) is 10.1 Å². The normalized spacial score (nSPS) is 11.2. The van der Waals surface area contributed by atoms with Gasteiger partial charge in [0.05, 0.1) is 17.6 Å². The quantitative estimate of drug-likeness (QED) is 0.579. The third-order valence-corrected chi connectivity index (χ3v) is 5.09. The van der Waals surface area contributed by atoms with Crippen LogP contribution >= 0.6 is 0 Å². The van der Waals surface area contributed by atoms with Gasteiger partial charge in [-0.3, -0.25) is 0 Å². The Morgan fingerprint density at radius 2 is 1.96 bits per heavy atom. The summed E-state index contributed by atoms with van der Waals surface area (Å²) in [4.78, 5) is 16.6. The second-order valence-electron chi connectivity index (χ2n) is 6.07. The number of hydrogen-bond donors (Lipinski definition) is 0. The molecule has 0 atom stereocenters. The van der Waals surface area contributed by atoms with Gasteiger partial charge in [0.15, 0.2) is 16.4 Å². The second-order valence-corrected chi connectivity index (χ2v) is 8.08. The van der Waals surface area contributed by atoms with Crippen LogP contribution in [-0.4, -0.2) is 37.9 Å². The van der Waals surface area contributed by atoms with Crippen molar-refractivity contribution >= 4 is 15.8 Å². The summed E-state index contributed by atoms with van der Waals surface area (Å²) in [5, 5.41) is 3.86. The molecule has 0 fully saturated rings. The van der Waals surface area contributed by atoms with Crippen molar-refractivity contribution in [1.29, 1.82) is 0 Å². The maximum absolute atomic E-state index is 12.4. The molecule has 146 valence electrons. The van der Waals surface area contributed by atoms with Gasteiger partial charge in [0.2, 0.25) is 5.82 Å². The number of carbonyl (C=O) groups is 1.